The average Bonchev–Trinajstić information content (AvgIpc) is 2.88. The first-order valence-corrected chi connectivity index (χ1v) is 9.20. The molecule has 1 aromatic heterocycles. The highest BCUT2D eigenvalue weighted by molar-refractivity contribution is 7.80. The molecule has 0 radical (unpaired) electrons. The monoisotopic (exact) mass is 404 g/mol. The molecule has 7 heteroatoms. The van der Waals surface area contributed by atoms with Crippen molar-refractivity contribution in [2.75, 3.05) is 10.6 Å². The Bertz CT molecular complexity index is 952. The van der Waals surface area contributed by atoms with Gasteiger partial charge < -0.3 is 10.6 Å². The quantitative estimate of drug-likeness (QED) is 0.550. The van der Waals surface area contributed by atoms with Gasteiger partial charge >= 0.3 is 0 Å². The van der Waals surface area contributed by atoms with E-state index in [1.54, 1.807) is 18.2 Å². The topological polar surface area (TPSA) is 41.9 Å². The summed E-state index contributed by atoms with van der Waals surface area (Å²) in [5.74, 6) is 0. The van der Waals surface area contributed by atoms with Crippen molar-refractivity contribution in [2.45, 2.75) is 20.4 Å². The molecule has 0 saturated carbocycles. The second-order valence-electron chi connectivity index (χ2n) is 5.99. The molecule has 0 spiro atoms. The Balaban J connectivity index is 1.68. The summed E-state index contributed by atoms with van der Waals surface area (Å²) in [6.45, 7) is 4.75. The van der Waals surface area contributed by atoms with Crippen LogP contribution in [0.3, 0.4) is 0 Å². The minimum atomic E-state index is 0.456. The Hall–Kier alpha value is -2.08. The minimum Gasteiger partial charge on any atom is -0.332 e. The minimum absolute atomic E-state index is 0.456. The molecular formula is C19H18Cl2N4S. The first-order valence-electron chi connectivity index (χ1n) is 8.04. The molecule has 3 aromatic rings. The van der Waals surface area contributed by atoms with Crippen LogP contribution in [0.25, 0.3) is 0 Å². The van der Waals surface area contributed by atoms with Crippen LogP contribution in [0.1, 0.15) is 17.0 Å². The van der Waals surface area contributed by atoms with Gasteiger partial charge in [0.25, 0.3) is 0 Å². The molecule has 2 aromatic carbocycles. The van der Waals surface area contributed by atoms with E-state index in [0.717, 1.165) is 22.6 Å². The number of nitrogens with one attached hydrogen (secondary N) is 2. The summed E-state index contributed by atoms with van der Waals surface area (Å²) in [5, 5.41) is 12.3. The van der Waals surface area contributed by atoms with Crippen LogP contribution in [0.4, 0.5) is 11.4 Å². The molecule has 0 atom stereocenters. The smallest absolute Gasteiger partial charge is 0.175 e. The highest BCUT2D eigenvalue weighted by Crippen LogP contribution is 2.25. The molecule has 0 saturated heterocycles. The number of aromatic nitrogens is 2. The Labute approximate surface area is 168 Å². The number of thiocarbonyl (C=S) groups is 1. The van der Waals surface area contributed by atoms with Gasteiger partial charge in [-0.3, -0.25) is 4.68 Å². The van der Waals surface area contributed by atoms with Gasteiger partial charge in [0, 0.05) is 16.4 Å². The number of nitrogens with zero attached hydrogens (tertiary/aromatic N) is 2. The van der Waals surface area contributed by atoms with Crippen molar-refractivity contribution in [3.63, 3.8) is 0 Å². The van der Waals surface area contributed by atoms with Crippen LogP contribution < -0.4 is 10.6 Å². The van der Waals surface area contributed by atoms with Gasteiger partial charge in [0.1, 0.15) is 0 Å². The summed E-state index contributed by atoms with van der Waals surface area (Å²) >= 11 is 17.5. The van der Waals surface area contributed by atoms with E-state index in [9.17, 15) is 0 Å². The van der Waals surface area contributed by atoms with Gasteiger partial charge in [-0.1, -0.05) is 35.3 Å². The van der Waals surface area contributed by atoms with Crippen LogP contribution in [0.15, 0.2) is 48.5 Å². The number of benzene rings is 2. The summed E-state index contributed by atoms with van der Waals surface area (Å²) < 4.78 is 1.98. The van der Waals surface area contributed by atoms with Gasteiger partial charge in [0.15, 0.2) is 5.11 Å². The van der Waals surface area contributed by atoms with Crippen molar-refractivity contribution >= 4 is 51.9 Å². The molecule has 0 bridgehead atoms. The van der Waals surface area contributed by atoms with E-state index in [2.05, 4.69) is 34.8 Å². The Morgan fingerprint density at radius 3 is 2.58 bits per heavy atom. The highest BCUT2D eigenvalue weighted by Gasteiger charge is 2.06. The normalized spacial score (nSPS) is 10.6. The SMILES string of the molecule is Cc1cc(C)n(Cc2cccc(NC(=S)Nc3ccc(Cl)cc3Cl)c2)n1. The molecule has 0 aliphatic carbocycles. The third kappa shape index (κ3) is 4.75. The van der Waals surface area contributed by atoms with Crippen molar-refractivity contribution < 1.29 is 0 Å². The summed E-state index contributed by atoms with van der Waals surface area (Å²) in [4.78, 5) is 0. The lowest BCUT2D eigenvalue weighted by molar-refractivity contribution is 0.659. The average molecular weight is 405 g/mol. The van der Waals surface area contributed by atoms with Gasteiger partial charge in [-0.15, -0.1) is 0 Å². The highest BCUT2D eigenvalue weighted by atomic mass is 35.5. The maximum Gasteiger partial charge on any atom is 0.175 e. The van der Waals surface area contributed by atoms with Gasteiger partial charge in [0.2, 0.25) is 0 Å². The van der Waals surface area contributed by atoms with Crippen LogP contribution in [-0.2, 0) is 6.54 Å². The molecular weight excluding hydrogens is 387 g/mol. The van der Waals surface area contributed by atoms with Crippen molar-refractivity contribution in [2.24, 2.45) is 0 Å². The third-order valence-electron chi connectivity index (χ3n) is 3.80. The zero-order chi connectivity index (χ0) is 18.7. The summed E-state index contributed by atoms with van der Waals surface area (Å²) in [7, 11) is 0. The largest absolute Gasteiger partial charge is 0.332 e. The fraction of sp³-hybridized carbons (Fsp3) is 0.158. The van der Waals surface area contributed by atoms with Crippen molar-refractivity contribution in [1.82, 2.24) is 9.78 Å². The Morgan fingerprint density at radius 1 is 1.08 bits per heavy atom. The van der Waals surface area contributed by atoms with Crippen LogP contribution >= 0.6 is 35.4 Å². The zero-order valence-corrected chi connectivity index (χ0v) is 16.7. The van der Waals surface area contributed by atoms with E-state index in [1.807, 2.05) is 29.8 Å². The zero-order valence-electron chi connectivity index (χ0n) is 14.4. The summed E-state index contributed by atoms with van der Waals surface area (Å²) in [6.07, 6.45) is 0. The number of anilines is 2. The molecule has 3 rings (SSSR count). The van der Waals surface area contributed by atoms with Gasteiger partial charge in [0.05, 0.1) is 22.9 Å². The van der Waals surface area contributed by atoms with E-state index in [0.29, 0.717) is 27.4 Å². The molecule has 1 heterocycles. The molecule has 134 valence electrons. The first-order chi connectivity index (χ1) is 12.4. The molecule has 4 nitrogen and oxygen atoms in total. The van der Waals surface area contributed by atoms with E-state index in [-0.39, 0.29) is 0 Å². The van der Waals surface area contributed by atoms with Gasteiger partial charge in [-0.25, -0.2) is 0 Å². The molecule has 0 unspecified atom stereocenters. The molecule has 0 fully saturated rings. The molecule has 0 amide bonds. The number of rotatable bonds is 4. The number of hydrogen-bond donors (Lipinski definition) is 2. The predicted octanol–water partition coefficient (Wildman–Crippen LogP) is 5.66. The summed E-state index contributed by atoms with van der Waals surface area (Å²) in [5.41, 5.74) is 4.88. The Morgan fingerprint density at radius 2 is 1.88 bits per heavy atom. The molecule has 0 aliphatic rings. The lowest BCUT2D eigenvalue weighted by Crippen LogP contribution is -2.19. The van der Waals surface area contributed by atoms with Crippen LogP contribution in [0.5, 0.6) is 0 Å². The Kier molecular flexibility index (Phi) is 5.81. The van der Waals surface area contributed by atoms with E-state index >= 15 is 0 Å². The lowest BCUT2D eigenvalue weighted by Gasteiger charge is -2.13. The van der Waals surface area contributed by atoms with E-state index < -0.39 is 0 Å². The predicted molar refractivity (Wildman–Crippen MR) is 114 cm³/mol. The second-order valence-corrected chi connectivity index (χ2v) is 7.24. The third-order valence-corrected chi connectivity index (χ3v) is 4.55. The van der Waals surface area contributed by atoms with Crippen LogP contribution in [-0.4, -0.2) is 14.9 Å². The standard InChI is InChI=1S/C19H18Cl2N4S/c1-12-8-13(2)25(24-12)11-14-4-3-5-16(9-14)22-19(26)23-18-7-6-15(20)10-17(18)21/h3-10H,11H2,1-2H3,(H2,22,23,26). The van der Waals surface area contributed by atoms with Gasteiger partial charge in [-0.05, 0) is 68.0 Å². The van der Waals surface area contributed by atoms with Crippen molar-refractivity contribution in [1.29, 1.82) is 0 Å². The fourth-order valence-electron chi connectivity index (χ4n) is 2.63. The summed E-state index contributed by atoms with van der Waals surface area (Å²) in [6, 6.07) is 15.3. The molecule has 2 N–H and O–H groups in total. The molecule has 26 heavy (non-hydrogen) atoms. The second kappa shape index (κ2) is 8.08. The first kappa shape index (κ1) is 18.7. The van der Waals surface area contributed by atoms with E-state index in [4.69, 9.17) is 35.4 Å². The lowest BCUT2D eigenvalue weighted by atomic mass is 10.2. The molecule has 0 aliphatic heterocycles. The number of aryl methyl sites for hydroxylation is 2. The maximum atomic E-state index is 6.16. The van der Waals surface area contributed by atoms with Crippen molar-refractivity contribution in [3.8, 4) is 0 Å². The number of hydrogen-bond acceptors (Lipinski definition) is 2. The number of halogens is 2. The van der Waals surface area contributed by atoms with E-state index in [1.165, 1.54) is 0 Å². The maximum absolute atomic E-state index is 6.16. The van der Waals surface area contributed by atoms with Gasteiger partial charge in [-0.2, -0.15) is 5.10 Å². The van der Waals surface area contributed by atoms with Crippen LogP contribution in [0, 0.1) is 13.8 Å². The fourth-order valence-corrected chi connectivity index (χ4v) is 3.31. The van der Waals surface area contributed by atoms with Crippen molar-refractivity contribution in [3.05, 3.63) is 75.5 Å². The van der Waals surface area contributed by atoms with Crippen LogP contribution in [0.2, 0.25) is 10.0 Å².